The predicted octanol–water partition coefficient (Wildman–Crippen LogP) is 3.04. The highest BCUT2D eigenvalue weighted by molar-refractivity contribution is 6.79. The van der Waals surface area contributed by atoms with Crippen molar-refractivity contribution in [1.29, 1.82) is 0 Å². The summed E-state index contributed by atoms with van der Waals surface area (Å²) in [5.74, 6) is 0. The van der Waals surface area contributed by atoms with Crippen LogP contribution in [-0.2, 0) is 0 Å². The van der Waals surface area contributed by atoms with Gasteiger partial charge in [-0.15, -0.1) is 6.58 Å². The van der Waals surface area contributed by atoms with Crippen molar-refractivity contribution < 1.29 is 0 Å². The zero-order chi connectivity index (χ0) is 9.94. The third-order valence-electron chi connectivity index (χ3n) is 2.28. The molecular weight excluding hydrogens is 162 g/mol. The van der Waals surface area contributed by atoms with Gasteiger partial charge in [-0.05, 0) is 12.1 Å². The minimum atomic E-state index is -1.34. The van der Waals surface area contributed by atoms with Crippen molar-refractivity contribution in [3.05, 3.63) is 12.3 Å². The summed E-state index contributed by atoms with van der Waals surface area (Å²) >= 11 is 0. The van der Waals surface area contributed by atoms with Gasteiger partial charge in [0.1, 0.15) is 8.24 Å². The molecule has 0 heterocycles. The first-order chi connectivity index (χ1) is 5.33. The lowest BCUT2D eigenvalue weighted by molar-refractivity contribution is 0.298. The lowest BCUT2D eigenvalue weighted by Gasteiger charge is -2.41. The van der Waals surface area contributed by atoms with Gasteiger partial charge in [-0.3, -0.25) is 0 Å². The Hall–Kier alpha value is -0.0831. The Morgan fingerprint density at radius 3 is 1.50 bits per heavy atom. The van der Waals surface area contributed by atoms with Gasteiger partial charge in [-0.1, -0.05) is 46.5 Å². The molecule has 0 spiro atoms. The monoisotopic (exact) mass is 185 g/mol. The molecule has 0 aliphatic heterocycles. The summed E-state index contributed by atoms with van der Waals surface area (Å²) in [7, 11) is -1.34. The van der Waals surface area contributed by atoms with Crippen molar-refractivity contribution in [2.45, 2.75) is 52.9 Å². The van der Waals surface area contributed by atoms with Crippen LogP contribution in [0.2, 0.25) is 13.1 Å². The van der Waals surface area contributed by atoms with E-state index in [1.807, 2.05) is 0 Å². The Morgan fingerprint density at radius 2 is 1.42 bits per heavy atom. The van der Waals surface area contributed by atoms with E-state index in [9.17, 15) is 0 Å². The first-order valence-electron chi connectivity index (χ1n) is 4.75. The summed E-state index contributed by atoms with van der Waals surface area (Å²) in [5, 5.41) is 0. The van der Waals surface area contributed by atoms with E-state index in [1.54, 1.807) is 0 Å². The van der Waals surface area contributed by atoms with Gasteiger partial charge in [0.05, 0.1) is 0 Å². The molecule has 2 heteroatoms. The first-order valence-corrected chi connectivity index (χ1v) is 7.77. The van der Waals surface area contributed by atoms with Crippen LogP contribution >= 0.6 is 0 Å². The smallest absolute Gasteiger partial charge is 0.146 e. The molecule has 0 radical (unpaired) electrons. The molecule has 0 aromatic carbocycles. The second-order valence-corrected chi connectivity index (χ2v) is 8.68. The molecule has 0 aromatic rings. The highest BCUT2D eigenvalue weighted by atomic mass is 28.3. The predicted molar refractivity (Wildman–Crippen MR) is 59.8 cm³/mol. The Kier molecular flexibility index (Phi) is 4.21. The number of hydrogen-bond acceptors (Lipinski definition) is 1. The zero-order valence-corrected chi connectivity index (χ0v) is 10.4. The lowest BCUT2D eigenvalue weighted by Crippen LogP contribution is -2.54. The van der Waals surface area contributed by atoms with Crippen LogP contribution in [0.5, 0.6) is 0 Å². The summed E-state index contributed by atoms with van der Waals surface area (Å²) < 4.78 is 2.60. The third kappa shape index (κ3) is 2.76. The molecule has 0 aromatic heterocycles. The van der Waals surface area contributed by atoms with Gasteiger partial charge in [-0.25, -0.2) is 0 Å². The van der Waals surface area contributed by atoms with Crippen LogP contribution in [0.25, 0.3) is 0 Å². The Labute approximate surface area is 78.6 Å². The van der Waals surface area contributed by atoms with E-state index in [4.69, 9.17) is 0 Å². The molecule has 0 saturated heterocycles. The molecule has 72 valence electrons. The molecule has 0 unspecified atom stereocenters. The van der Waals surface area contributed by atoms with Crippen molar-refractivity contribution in [2.75, 3.05) is 0 Å². The average molecular weight is 185 g/mol. The molecule has 12 heavy (non-hydrogen) atoms. The van der Waals surface area contributed by atoms with Gasteiger partial charge in [-0.2, -0.15) is 0 Å². The summed E-state index contributed by atoms with van der Waals surface area (Å²) in [6.45, 7) is 17.7. The highest BCUT2D eigenvalue weighted by Crippen LogP contribution is 2.17. The van der Waals surface area contributed by atoms with Crippen LogP contribution < -0.4 is 0 Å². The quantitative estimate of drug-likeness (QED) is 0.609. The topological polar surface area (TPSA) is 3.24 Å². The van der Waals surface area contributed by atoms with Crippen LogP contribution in [0.4, 0.5) is 0 Å². The maximum atomic E-state index is 3.94. The fraction of sp³-hybridized carbons (Fsp3) is 0.800. The van der Waals surface area contributed by atoms with E-state index >= 15 is 0 Å². The van der Waals surface area contributed by atoms with Crippen LogP contribution in [0.3, 0.4) is 0 Å². The molecular formula is C10H23NSi. The normalized spacial score (nSPS) is 13.1. The third-order valence-corrected chi connectivity index (χ3v) is 5.64. The van der Waals surface area contributed by atoms with E-state index < -0.39 is 8.24 Å². The second kappa shape index (κ2) is 4.24. The molecule has 0 aliphatic carbocycles. The maximum Gasteiger partial charge on any atom is 0.146 e. The van der Waals surface area contributed by atoms with Crippen LogP contribution in [-0.4, -0.2) is 24.9 Å². The van der Waals surface area contributed by atoms with Gasteiger partial charge in [0, 0.05) is 0 Å². The van der Waals surface area contributed by atoms with Gasteiger partial charge in [0.15, 0.2) is 0 Å². The zero-order valence-electron chi connectivity index (χ0n) is 9.39. The summed E-state index contributed by atoms with van der Waals surface area (Å²) in [6, 6.07) is 1.26. The van der Waals surface area contributed by atoms with E-state index in [-0.39, 0.29) is 0 Å². The molecule has 1 nitrogen and oxygen atoms in total. The number of hydrogen-bond donors (Lipinski definition) is 0. The fourth-order valence-corrected chi connectivity index (χ4v) is 4.91. The van der Waals surface area contributed by atoms with Crippen molar-refractivity contribution in [1.82, 2.24) is 4.57 Å². The Morgan fingerprint density at radius 1 is 1.08 bits per heavy atom. The van der Waals surface area contributed by atoms with Crippen LogP contribution in [0.15, 0.2) is 12.3 Å². The number of nitrogens with zero attached hydrogens (tertiary/aromatic N) is 1. The fourth-order valence-electron chi connectivity index (χ4n) is 2.03. The van der Waals surface area contributed by atoms with Gasteiger partial charge in [0.2, 0.25) is 0 Å². The summed E-state index contributed by atoms with van der Waals surface area (Å²) in [5.41, 5.74) is 2.16. The van der Waals surface area contributed by atoms with Crippen molar-refractivity contribution in [2.24, 2.45) is 0 Å². The first kappa shape index (κ1) is 11.9. The minimum absolute atomic E-state index is 0.629. The molecule has 0 bridgehead atoms. The molecule has 0 fully saturated rings. The number of rotatable bonds is 4. The molecule has 0 atom stereocenters. The van der Waals surface area contributed by atoms with Crippen molar-refractivity contribution in [3.63, 3.8) is 0 Å². The largest absolute Gasteiger partial charge is 0.316 e. The average Bonchev–Trinajstić information content (AvgIpc) is 1.84. The minimum Gasteiger partial charge on any atom is -0.316 e. The molecule has 0 rings (SSSR count). The van der Waals surface area contributed by atoms with Crippen LogP contribution in [0, 0.1) is 0 Å². The molecule has 0 saturated carbocycles. The van der Waals surface area contributed by atoms with Crippen molar-refractivity contribution in [3.8, 4) is 0 Å². The molecule has 0 aliphatic rings. The molecule has 0 N–H and O–H groups in total. The lowest BCUT2D eigenvalue weighted by atomic mass is 10.3. The van der Waals surface area contributed by atoms with Gasteiger partial charge >= 0.3 is 0 Å². The van der Waals surface area contributed by atoms with Gasteiger partial charge in [0.25, 0.3) is 0 Å². The standard InChI is InChI=1S/C10H23NSi/c1-8-12(6,7)11(9(2)3)10(4)5/h8-10H,1H2,2-7H3. The second-order valence-electron chi connectivity index (χ2n) is 4.45. The van der Waals surface area contributed by atoms with E-state index in [0.29, 0.717) is 12.1 Å². The van der Waals surface area contributed by atoms with Crippen molar-refractivity contribution >= 4 is 8.24 Å². The summed E-state index contributed by atoms with van der Waals surface area (Å²) in [4.78, 5) is 0. The van der Waals surface area contributed by atoms with E-state index in [1.165, 1.54) is 0 Å². The summed E-state index contributed by atoms with van der Waals surface area (Å²) in [6.07, 6.45) is 0. The highest BCUT2D eigenvalue weighted by Gasteiger charge is 2.29. The SMILES string of the molecule is C=C[Si](C)(C)N(C(C)C)C(C)C. The maximum absolute atomic E-state index is 3.94. The van der Waals surface area contributed by atoms with E-state index in [2.05, 4.69) is 57.6 Å². The Balaban J connectivity index is 4.61. The molecule has 0 amide bonds. The van der Waals surface area contributed by atoms with Crippen LogP contribution in [0.1, 0.15) is 27.7 Å². The Bertz CT molecular complexity index is 142. The van der Waals surface area contributed by atoms with Gasteiger partial charge < -0.3 is 4.57 Å². The van der Waals surface area contributed by atoms with E-state index in [0.717, 1.165) is 0 Å².